The molecule has 0 aliphatic rings. The van der Waals surface area contributed by atoms with E-state index in [0.29, 0.717) is 11.3 Å². The number of carboxylic acids is 1. The molecule has 5 nitrogen and oxygen atoms in total. The molecule has 0 saturated carbocycles. The number of carbonyl (C=O) groups is 2. The molecule has 1 rings (SSSR count). The van der Waals surface area contributed by atoms with E-state index in [2.05, 4.69) is 5.32 Å². The first-order chi connectivity index (χ1) is 7.61. The Bertz CT molecular complexity index is 427. The Balaban J connectivity index is 2.78. The highest BCUT2D eigenvalue weighted by atomic mass is 16.4. The number of anilines is 1. The van der Waals surface area contributed by atoms with Crippen LogP contribution in [-0.2, 0) is 9.59 Å². The van der Waals surface area contributed by atoms with Gasteiger partial charge in [0.2, 0.25) is 5.91 Å². The van der Waals surface area contributed by atoms with Crippen LogP contribution >= 0.6 is 0 Å². The van der Waals surface area contributed by atoms with Gasteiger partial charge in [0.25, 0.3) is 0 Å². The molecule has 1 amide bonds. The fraction of sp³-hybridized carbons (Fsp3) is 0.0909. The molecule has 1 aromatic rings. The molecule has 0 aliphatic heterocycles. The van der Waals surface area contributed by atoms with Gasteiger partial charge in [-0.1, -0.05) is 12.1 Å². The van der Waals surface area contributed by atoms with E-state index in [1.807, 2.05) is 0 Å². The van der Waals surface area contributed by atoms with Crippen LogP contribution in [0, 0.1) is 0 Å². The molecule has 0 aromatic heterocycles. The highest BCUT2D eigenvalue weighted by Crippen LogP contribution is 2.11. The van der Waals surface area contributed by atoms with Crippen LogP contribution in [0.4, 0.5) is 5.69 Å². The molecular formula is C11H12N2O3. The second-order valence-electron chi connectivity index (χ2n) is 3.05. The molecule has 1 aromatic carbocycles. The lowest BCUT2D eigenvalue weighted by molar-refractivity contribution is -0.131. The normalized spacial score (nSPS) is 10.3. The summed E-state index contributed by atoms with van der Waals surface area (Å²) in [5, 5.41) is 11.0. The number of benzene rings is 1. The minimum absolute atomic E-state index is 0.0881. The van der Waals surface area contributed by atoms with Crippen LogP contribution in [-0.4, -0.2) is 23.5 Å². The Morgan fingerprint density at radius 3 is 2.81 bits per heavy atom. The molecule has 84 valence electrons. The molecule has 0 atom stereocenters. The molecule has 0 bridgehead atoms. The summed E-state index contributed by atoms with van der Waals surface area (Å²) in [6.45, 7) is -0.0881. The van der Waals surface area contributed by atoms with E-state index in [4.69, 9.17) is 10.8 Å². The number of hydrogen-bond donors (Lipinski definition) is 3. The fourth-order valence-electron chi connectivity index (χ4n) is 1.10. The van der Waals surface area contributed by atoms with E-state index < -0.39 is 5.97 Å². The zero-order chi connectivity index (χ0) is 12.0. The van der Waals surface area contributed by atoms with Gasteiger partial charge in [0.15, 0.2) is 0 Å². The van der Waals surface area contributed by atoms with Crippen molar-refractivity contribution in [2.24, 2.45) is 5.73 Å². The lowest BCUT2D eigenvalue weighted by Crippen LogP contribution is -2.21. The number of hydrogen-bond acceptors (Lipinski definition) is 3. The Morgan fingerprint density at radius 2 is 2.19 bits per heavy atom. The molecular weight excluding hydrogens is 208 g/mol. The standard InChI is InChI=1S/C11H12N2O3/c12-7-10(14)13-9-3-1-2-8(6-9)4-5-11(15)16/h1-6H,7,12H2,(H,13,14)(H,15,16)/b5-4+. The summed E-state index contributed by atoms with van der Waals surface area (Å²) >= 11 is 0. The molecule has 0 unspecified atom stereocenters. The highest BCUT2D eigenvalue weighted by molar-refractivity contribution is 5.92. The summed E-state index contributed by atoms with van der Waals surface area (Å²) in [4.78, 5) is 21.3. The van der Waals surface area contributed by atoms with Crippen molar-refractivity contribution in [3.05, 3.63) is 35.9 Å². The lowest BCUT2D eigenvalue weighted by Gasteiger charge is -2.03. The highest BCUT2D eigenvalue weighted by Gasteiger charge is 1.98. The first kappa shape index (κ1) is 11.9. The minimum Gasteiger partial charge on any atom is -0.478 e. The zero-order valence-corrected chi connectivity index (χ0v) is 8.51. The van der Waals surface area contributed by atoms with Crippen molar-refractivity contribution in [1.29, 1.82) is 0 Å². The average molecular weight is 220 g/mol. The van der Waals surface area contributed by atoms with Gasteiger partial charge in [-0.3, -0.25) is 4.79 Å². The summed E-state index contributed by atoms with van der Waals surface area (Å²) in [5.74, 6) is -1.31. The summed E-state index contributed by atoms with van der Waals surface area (Å²) in [6.07, 6.45) is 2.48. The van der Waals surface area contributed by atoms with Crippen LogP contribution in [0.25, 0.3) is 6.08 Å². The molecule has 0 aliphatic carbocycles. The van der Waals surface area contributed by atoms with Crippen LogP contribution < -0.4 is 11.1 Å². The Morgan fingerprint density at radius 1 is 1.44 bits per heavy atom. The van der Waals surface area contributed by atoms with Crippen molar-refractivity contribution in [1.82, 2.24) is 0 Å². The fourth-order valence-corrected chi connectivity index (χ4v) is 1.10. The number of amides is 1. The van der Waals surface area contributed by atoms with Gasteiger partial charge in [-0.15, -0.1) is 0 Å². The van der Waals surface area contributed by atoms with Gasteiger partial charge in [0, 0.05) is 11.8 Å². The Hall–Kier alpha value is -2.14. The van der Waals surface area contributed by atoms with Crippen molar-refractivity contribution in [3.8, 4) is 0 Å². The molecule has 4 N–H and O–H groups in total. The maximum Gasteiger partial charge on any atom is 0.328 e. The smallest absolute Gasteiger partial charge is 0.328 e. The quantitative estimate of drug-likeness (QED) is 0.650. The molecule has 0 saturated heterocycles. The Kier molecular flexibility index (Phi) is 4.23. The van der Waals surface area contributed by atoms with Gasteiger partial charge in [-0.05, 0) is 23.8 Å². The van der Waals surface area contributed by atoms with Crippen molar-refractivity contribution in [3.63, 3.8) is 0 Å². The monoisotopic (exact) mass is 220 g/mol. The molecule has 0 radical (unpaired) electrons. The SMILES string of the molecule is NCC(=O)Nc1cccc(/C=C/C(=O)O)c1. The third kappa shape index (κ3) is 3.93. The summed E-state index contributed by atoms with van der Waals surface area (Å²) < 4.78 is 0. The van der Waals surface area contributed by atoms with Crippen LogP contribution in [0.5, 0.6) is 0 Å². The molecule has 5 heteroatoms. The molecule has 0 spiro atoms. The average Bonchev–Trinajstić information content (AvgIpc) is 2.26. The van der Waals surface area contributed by atoms with Crippen molar-refractivity contribution in [2.75, 3.05) is 11.9 Å². The third-order valence-electron chi connectivity index (χ3n) is 1.77. The van der Waals surface area contributed by atoms with Crippen molar-refractivity contribution >= 4 is 23.6 Å². The predicted molar refractivity (Wildman–Crippen MR) is 60.8 cm³/mol. The van der Waals surface area contributed by atoms with Gasteiger partial charge in [-0.25, -0.2) is 4.79 Å². The lowest BCUT2D eigenvalue weighted by atomic mass is 10.2. The van der Waals surface area contributed by atoms with Crippen LogP contribution in [0.15, 0.2) is 30.3 Å². The van der Waals surface area contributed by atoms with Crippen molar-refractivity contribution in [2.45, 2.75) is 0 Å². The van der Waals surface area contributed by atoms with E-state index in [0.717, 1.165) is 6.08 Å². The van der Waals surface area contributed by atoms with E-state index in [1.165, 1.54) is 6.08 Å². The van der Waals surface area contributed by atoms with Gasteiger partial charge >= 0.3 is 5.97 Å². The second kappa shape index (κ2) is 5.67. The molecule has 0 heterocycles. The molecule has 16 heavy (non-hydrogen) atoms. The van der Waals surface area contributed by atoms with Gasteiger partial charge in [-0.2, -0.15) is 0 Å². The minimum atomic E-state index is -1.02. The summed E-state index contributed by atoms with van der Waals surface area (Å²) in [6, 6.07) is 6.81. The predicted octanol–water partition coefficient (Wildman–Crippen LogP) is 0.682. The maximum atomic E-state index is 11.0. The topological polar surface area (TPSA) is 92.4 Å². The van der Waals surface area contributed by atoms with Gasteiger partial charge < -0.3 is 16.2 Å². The molecule has 0 fully saturated rings. The summed E-state index contributed by atoms with van der Waals surface area (Å²) in [7, 11) is 0. The third-order valence-corrected chi connectivity index (χ3v) is 1.77. The first-order valence-electron chi connectivity index (χ1n) is 4.63. The number of rotatable bonds is 4. The Labute approximate surface area is 92.6 Å². The largest absolute Gasteiger partial charge is 0.478 e. The van der Waals surface area contributed by atoms with Gasteiger partial charge in [0.05, 0.1) is 6.54 Å². The summed E-state index contributed by atoms with van der Waals surface area (Å²) in [5.41, 5.74) is 6.43. The number of carboxylic acid groups (broad SMARTS) is 1. The van der Waals surface area contributed by atoms with E-state index >= 15 is 0 Å². The van der Waals surface area contributed by atoms with Crippen LogP contribution in [0.1, 0.15) is 5.56 Å². The van der Waals surface area contributed by atoms with E-state index in [-0.39, 0.29) is 12.5 Å². The maximum absolute atomic E-state index is 11.0. The van der Waals surface area contributed by atoms with E-state index in [9.17, 15) is 9.59 Å². The van der Waals surface area contributed by atoms with Crippen molar-refractivity contribution < 1.29 is 14.7 Å². The van der Waals surface area contributed by atoms with Crippen LogP contribution in [0.3, 0.4) is 0 Å². The number of carbonyl (C=O) groups excluding carboxylic acids is 1. The number of nitrogens with two attached hydrogens (primary N) is 1. The first-order valence-corrected chi connectivity index (χ1v) is 4.63. The zero-order valence-electron chi connectivity index (χ0n) is 8.51. The number of nitrogens with one attached hydrogen (secondary N) is 1. The van der Waals surface area contributed by atoms with Gasteiger partial charge in [0.1, 0.15) is 0 Å². The van der Waals surface area contributed by atoms with E-state index in [1.54, 1.807) is 24.3 Å². The van der Waals surface area contributed by atoms with Crippen LogP contribution in [0.2, 0.25) is 0 Å². The number of aliphatic carboxylic acids is 1. The second-order valence-corrected chi connectivity index (χ2v) is 3.05.